The van der Waals surface area contributed by atoms with Crippen molar-refractivity contribution in [1.82, 2.24) is 0 Å². The van der Waals surface area contributed by atoms with Crippen molar-refractivity contribution in [2.75, 3.05) is 18.5 Å². The molecule has 0 aliphatic rings. The van der Waals surface area contributed by atoms with Crippen LogP contribution in [0.2, 0.25) is 10.0 Å². The molecule has 1 amide bonds. The standard InChI is InChI=1S/C17H15Cl2NO4/c18-12-6-7-15(14(19)10-12)20-16(21)11-24-17(22)8-9-23-13-4-2-1-3-5-13/h1-7,10H,8-9,11H2,(H,20,21). The number of hydrogen-bond donors (Lipinski definition) is 1. The molecule has 0 bridgehead atoms. The van der Waals surface area contributed by atoms with Gasteiger partial charge in [0.15, 0.2) is 6.61 Å². The third kappa shape index (κ3) is 6.10. The molecule has 0 spiro atoms. The van der Waals surface area contributed by atoms with Crippen LogP contribution in [0.25, 0.3) is 0 Å². The lowest BCUT2D eigenvalue weighted by atomic mass is 10.3. The van der Waals surface area contributed by atoms with Gasteiger partial charge in [0.05, 0.1) is 23.7 Å². The predicted octanol–water partition coefficient (Wildman–Crippen LogP) is 3.94. The Balaban J connectivity index is 1.68. The highest BCUT2D eigenvalue weighted by atomic mass is 35.5. The number of para-hydroxylation sites is 1. The van der Waals surface area contributed by atoms with Crippen LogP contribution in [0.3, 0.4) is 0 Å². The highest BCUT2D eigenvalue weighted by Crippen LogP contribution is 2.25. The summed E-state index contributed by atoms with van der Waals surface area (Å²) in [5.41, 5.74) is 0.398. The van der Waals surface area contributed by atoms with Gasteiger partial charge in [-0.05, 0) is 30.3 Å². The molecule has 2 aromatic carbocycles. The minimum atomic E-state index is -0.525. The van der Waals surface area contributed by atoms with E-state index < -0.39 is 18.5 Å². The van der Waals surface area contributed by atoms with Gasteiger partial charge in [-0.3, -0.25) is 9.59 Å². The molecular weight excluding hydrogens is 353 g/mol. The Morgan fingerprint density at radius 1 is 1.04 bits per heavy atom. The van der Waals surface area contributed by atoms with E-state index in [1.165, 1.54) is 6.07 Å². The van der Waals surface area contributed by atoms with Crippen LogP contribution in [0.5, 0.6) is 5.75 Å². The van der Waals surface area contributed by atoms with Gasteiger partial charge in [0.2, 0.25) is 0 Å². The number of nitrogens with one attached hydrogen (secondary N) is 1. The molecule has 0 fully saturated rings. The maximum Gasteiger partial charge on any atom is 0.309 e. The number of hydrogen-bond acceptors (Lipinski definition) is 4. The second-order valence-corrected chi connectivity index (χ2v) is 5.59. The number of halogens is 2. The number of ether oxygens (including phenoxy) is 2. The first-order valence-electron chi connectivity index (χ1n) is 7.13. The van der Waals surface area contributed by atoms with Crippen LogP contribution in [0.1, 0.15) is 6.42 Å². The fourth-order valence-corrected chi connectivity index (χ4v) is 2.22. The van der Waals surface area contributed by atoms with Gasteiger partial charge in [-0.1, -0.05) is 41.4 Å². The van der Waals surface area contributed by atoms with Crippen LogP contribution < -0.4 is 10.1 Å². The zero-order valence-corrected chi connectivity index (χ0v) is 14.1. The fourth-order valence-electron chi connectivity index (χ4n) is 1.76. The molecule has 5 nitrogen and oxygen atoms in total. The van der Waals surface area contributed by atoms with E-state index in [-0.39, 0.29) is 13.0 Å². The van der Waals surface area contributed by atoms with E-state index >= 15 is 0 Å². The molecule has 0 atom stereocenters. The summed E-state index contributed by atoms with van der Waals surface area (Å²) < 4.78 is 10.3. The third-order valence-electron chi connectivity index (χ3n) is 2.89. The number of anilines is 1. The molecular formula is C17H15Cl2NO4. The van der Waals surface area contributed by atoms with Gasteiger partial charge in [-0.15, -0.1) is 0 Å². The summed E-state index contributed by atoms with van der Waals surface area (Å²) in [6.07, 6.45) is 0.0455. The van der Waals surface area contributed by atoms with Gasteiger partial charge in [0, 0.05) is 5.02 Å². The summed E-state index contributed by atoms with van der Waals surface area (Å²) in [6.45, 7) is -0.226. The normalized spacial score (nSPS) is 10.1. The molecule has 1 N–H and O–H groups in total. The second kappa shape index (κ2) is 9.15. The molecule has 0 saturated heterocycles. The van der Waals surface area contributed by atoms with Crippen molar-refractivity contribution in [3.63, 3.8) is 0 Å². The van der Waals surface area contributed by atoms with E-state index in [1.807, 2.05) is 18.2 Å². The van der Waals surface area contributed by atoms with Crippen LogP contribution >= 0.6 is 23.2 Å². The number of benzene rings is 2. The number of carbonyl (C=O) groups is 2. The van der Waals surface area contributed by atoms with Crippen molar-refractivity contribution in [3.05, 3.63) is 58.6 Å². The highest BCUT2D eigenvalue weighted by molar-refractivity contribution is 6.36. The van der Waals surface area contributed by atoms with Gasteiger partial charge in [0.1, 0.15) is 5.75 Å². The molecule has 2 aromatic rings. The van der Waals surface area contributed by atoms with Crippen molar-refractivity contribution in [3.8, 4) is 5.75 Å². The summed E-state index contributed by atoms with van der Waals surface area (Å²) in [6, 6.07) is 13.8. The van der Waals surface area contributed by atoms with Crippen molar-refractivity contribution >= 4 is 40.8 Å². The Morgan fingerprint density at radius 2 is 1.79 bits per heavy atom. The van der Waals surface area contributed by atoms with Crippen LogP contribution in [0.4, 0.5) is 5.69 Å². The molecule has 0 unspecified atom stereocenters. The van der Waals surface area contributed by atoms with Crippen molar-refractivity contribution in [1.29, 1.82) is 0 Å². The molecule has 7 heteroatoms. The minimum Gasteiger partial charge on any atom is -0.493 e. The van der Waals surface area contributed by atoms with Crippen LogP contribution in [-0.4, -0.2) is 25.1 Å². The maximum atomic E-state index is 11.7. The molecule has 126 valence electrons. The lowest BCUT2D eigenvalue weighted by Crippen LogP contribution is -2.21. The average Bonchev–Trinajstić information content (AvgIpc) is 2.56. The molecule has 0 heterocycles. The monoisotopic (exact) mass is 367 g/mol. The highest BCUT2D eigenvalue weighted by Gasteiger charge is 2.10. The topological polar surface area (TPSA) is 64.6 Å². The molecule has 0 aromatic heterocycles. The van der Waals surface area contributed by atoms with Gasteiger partial charge in [0.25, 0.3) is 5.91 Å². The lowest BCUT2D eigenvalue weighted by Gasteiger charge is -2.09. The molecule has 0 aliphatic heterocycles. The molecule has 24 heavy (non-hydrogen) atoms. The Labute approximate surface area is 149 Å². The zero-order valence-electron chi connectivity index (χ0n) is 12.6. The summed E-state index contributed by atoms with van der Waals surface area (Å²) in [5, 5.41) is 3.30. The van der Waals surface area contributed by atoms with Crippen LogP contribution in [0, 0.1) is 0 Å². The molecule has 0 radical (unpaired) electrons. The summed E-state index contributed by atoms with van der Waals surface area (Å²) >= 11 is 11.7. The van der Waals surface area contributed by atoms with E-state index in [9.17, 15) is 9.59 Å². The van der Waals surface area contributed by atoms with E-state index in [2.05, 4.69) is 5.32 Å². The Morgan fingerprint density at radius 3 is 2.50 bits per heavy atom. The number of esters is 1. The van der Waals surface area contributed by atoms with Gasteiger partial charge in [-0.25, -0.2) is 0 Å². The van der Waals surface area contributed by atoms with Crippen molar-refractivity contribution in [2.45, 2.75) is 6.42 Å². The predicted molar refractivity (Wildman–Crippen MR) is 92.6 cm³/mol. The van der Waals surface area contributed by atoms with Crippen molar-refractivity contribution in [2.24, 2.45) is 0 Å². The summed E-state index contributed by atoms with van der Waals surface area (Å²) in [5.74, 6) is -0.347. The first kappa shape index (κ1) is 18.1. The Kier molecular flexibility index (Phi) is 6.90. The van der Waals surface area contributed by atoms with Gasteiger partial charge < -0.3 is 14.8 Å². The van der Waals surface area contributed by atoms with E-state index in [1.54, 1.807) is 24.3 Å². The van der Waals surface area contributed by atoms with E-state index in [0.29, 0.717) is 21.5 Å². The van der Waals surface area contributed by atoms with Crippen LogP contribution in [-0.2, 0) is 14.3 Å². The Bertz CT molecular complexity index is 707. The smallest absolute Gasteiger partial charge is 0.309 e. The lowest BCUT2D eigenvalue weighted by molar-refractivity contribution is -0.147. The van der Waals surface area contributed by atoms with Crippen molar-refractivity contribution < 1.29 is 19.1 Å². The third-order valence-corrected chi connectivity index (χ3v) is 3.44. The maximum absolute atomic E-state index is 11.7. The van der Waals surface area contributed by atoms with Crippen LogP contribution in [0.15, 0.2) is 48.5 Å². The Hall–Kier alpha value is -2.24. The quantitative estimate of drug-likeness (QED) is 0.752. The van der Waals surface area contributed by atoms with E-state index in [0.717, 1.165) is 0 Å². The average molecular weight is 368 g/mol. The zero-order chi connectivity index (χ0) is 17.4. The van der Waals surface area contributed by atoms with Gasteiger partial charge in [-0.2, -0.15) is 0 Å². The number of carbonyl (C=O) groups excluding carboxylic acids is 2. The first-order chi connectivity index (χ1) is 11.5. The SMILES string of the molecule is O=C(COC(=O)CCOc1ccccc1)Nc1ccc(Cl)cc1Cl. The number of amides is 1. The summed E-state index contributed by atoms with van der Waals surface area (Å²) in [7, 11) is 0. The molecule has 0 saturated carbocycles. The fraction of sp³-hybridized carbons (Fsp3) is 0.176. The minimum absolute atomic E-state index is 0.0455. The van der Waals surface area contributed by atoms with E-state index in [4.69, 9.17) is 32.7 Å². The first-order valence-corrected chi connectivity index (χ1v) is 7.88. The molecule has 2 rings (SSSR count). The molecule has 0 aliphatic carbocycles. The number of rotatable bonds is 7. The largest absolute Gasteiger partial charge is 0.493 e. The second-order valence-electron chi connectivity index (χ2n) is 4.74. The van der Waals surface area contributed by atoms with Gasteiger partial charge >= 0.3 is 5.97 Å². The summed E-state index contributed by atoms with van der Waals surface area (Å²) in [4.78, 5) is 23.3.